The summed E-state index contributed by atoms with van der Waals surface area (Å²) in [5, 5.41) is 0. The molecule has 0 radical (unpaired) electrons. The van der Waals surface area contributed by atoms with Crippen LogP contribution in [0.5, 0.6) is 0 Å². The van der Waals surface area contributed by atoms with Crippen LogP contribution in [0.3, 0.4) is 0 Å². The van der Waals surface area contributed by atoms with Crippen LogP contribution in [0.1, 0.15) is 11.6 Å². The van der Waals surface area contributed by atoms with E-state index in [-0.39, 0.29) is 6.04 Å². The van der Waals surface area contributed by atoms with Gasteiger partial charge in [-0.05, 0) is 24.3 Å². The summed E-state index contributed by atoms with van der Waals surface area (Å²) in [5.41, 5.74) is 1.27. The number of rotatable bonds is 10. The molecule has 0 N–H and O–H groups in total. The maximum atomic E-state index is 9.22. The van der Waals surface area contributed by atoms with Gasteiger partial charge in [0.05, 0.1) is 26.7 Å². The van der Waals surface area contributed by atoms with Crippen LogP contribution in [0.2, 0.25) is 0 Å². The van der Waals surface area contributed by atoms with E-state index in [1.165, 1.54) is 5.56 Å². The molecule has 138 valence electrons. The average molecular weight is 365 g/mol. The summed E-state index contributed by atoms with van der Waals surface area (Å²) >= 11 is 0. The van der Waals surface area contributed by atoms with Gasteiger partial charge < -0.3 is 9.04 Å². The summed E-state index contributed by atoms with van der Waals surface area (Å²) in [6, 6.07) is 10.7. The molecule has 5 nitrogen and oxygen atoms in total. The minimum Gasteiger partial charge on any atom is -0.726 e. The summed E-state index contributed by atoms with van der Waals surface area (Å²) in [6.45, 7) is 18.3. The van der Waals surface area contributed by atoms with Gasteiger partial charge in [-0.3, -0.25) is 4.18 Å². The Morgan fingerprint density at radius 3 is 1.72 bits per heavy atom. The predicted molar refractivity (Wildman–Crippen MR) is 102 cm³/mol. The summed E-state index contributed by atoms with van der Waals surface area (Å²) in [6.07, 6.45) is 7.91. The molecule has 0 aliphatic carbocycles. The van der Waals surface area contributed by atoms with Crippen LogP contribution in [0.4, 0.5) is 0 Å². The minimum atomic E-state index is -4.41. The molecule has 0 fully saturated rings. The first kappa shape index (κ1) is 23.0. The number of quaternary nitrogens is 1. The highest BCUT2D eigenvalue weighted by Crippen LogP contribution is 2.30. The number of benzene rings is 1. The second-order valence-electron chi connectivity index (χ2n) is 5.30. The van der Waals surface area contributed by atoms with Crippen LogP contribution < -0.4 is 0 Å². The van der Waals surface area contributed by atoms with Gasteiger partial charge in [0, 0.05) is 5.56 Å². The molecule has 0 heterocycles. The highest BCUT2D eigenvalue weighted by molar-refractivity contribution is 7.80. The van der Waals surface area contributed by atoms with Crippen molar-refractivity contribution in [3.8, 4) is 0 Å². The number of nitrogens with zero attached hydrogens (tertiary/aromatic N) is 1. The molecule has 0 aromatic heterocycles. The molecule has 0 aliphatic rings. The van der Waals surface area contributed by atoms with Crippen LogP contribution >= 0.6 is 0 Å². The lowest BCUT2D eigenvalue weighted by Gasteiger charge is -2.42. The van der Waals surface area contributed by atoms with Crippen molar-refractivity contribution in [3.05, 3.63) is 86.5 Å². The molecule has 1 aromatic carbocycles. The fraction of sp³-hybridized carbons (Fsp3) is 0.263. The van der Waals surface area contributed by atoms with Gasteiger partial charge >= 0.3 is 0 Å². The van der Waals surface area contributed by atoms with Crippen molar-refractivity contribution in [2.75, 3.05) is 26.7 Å². The van der Waals surface area contributed by atoms with E-state index in [2.05, 4.69) is 54.8 Å². The van der Waals surface area contributed by atoms with Crippen LogP contribution in [-0.2, 0) is 14.6 Å². The van der Waals surface area contributed by atoms with E-state index in [1.54, 1.807) is 0 Å². The molecule has 1 atom stereocenters. The van der Waals surface area contributed by atoms with E-state index in [1.807, 2.05) is 30.4 Å². The Morgan fingerprint density at radius 2 is 1.44 bits per heavy atom. The van der Waals surface area contributed by atoms with Crippen molar-refractivity contribution in [1.82, 2.24) is 0 Å². The molecule has 1 aromatic rings. The van der Waals surface area contributed by atoms with Crippen molar-refractivity contribution in [2.24, 2.45) is 0 Å². The molecule has 0 bridgehead atoms. The van der Waals surface area contributed by atoms with Crippen molar-refractivity contribution in [2.45, 2.75) is 6.04 Å². The molecule has 0 spiro atoms. The van der Waals surface area contributed by atoms with Crippen LogP contribution in [0, 0.1) is 0 Å². The average Bonchev–Trinajstić information content (AvgIpc) is 2.57. The Bertz CT molecular complexity index is 627. The molecule has 0 saturated heterocycles. The Kier molecular flexibility index (Phi) is 10.6. The molecule has 0 aliphatic heterocycles. The van der Waals surface area contributed by atoms with Gasteiger partial charge in [0.2, 0.25) is 10.4 Å². The van der Waals surface area contributed by atoms with Gasteiger partial charge in [0.15, 0.2) is 0 Å². The third-order valence-corrected chi connectivity index (χ3v) is 4.04. The summed E-state index contributed by atoms with van der Waals surface area (Å²) in [5.74, 6) is 0. The maximum Gasteiger partial charge on any atom is 0.217 e. The second-order valence-corrected chi connectivity index (χ2v) is 6.45. The lowest BCUT2D eigenvalue weighted by Crippen LogP contribution is -2.50. The largest absolute Gasteiger partial charge is 0.726 e. The van der Waals surface area contributed by atoms with Crippen molar-refractivity contribution in [1.29, 1.82) is 0 Å². The molecular formula is C19H27NO4S. The van der Waals surface area contributed by atoms with E-state index in [0.717, 1.165) is 31.2 Å². The third kappa shape index (κ3) is 8.09. The SMILES string of the molecule is C=CC[N+](CC=C)(CC=C)C(C=C)c1ccccc1.COS(=O)(=O)[O-]. The monoisotopic (exact) mass is 365 g/mol. The first-order valence-corrected chi connectivity index (χ1v) is 9.01. The third-order valence-electron chi connectivity index (χ3n) is 3.64. The Labute approximate surface area is 151 Å². The molecule has 6 heteroatoms. The Hall–Kier alpha value is -1.99. The lowest BCUT2D eigenvalue weighted by atomic mass is 10.0. The number of hydrogen-bond donors (Lipinski definition) is 0. The van der Waals surface area contributed by atoms with Crippen molar-refractivity contribution in [3.63, 3.8) is 0 Å². The first-order chi connectivity index (χ1) is 11.8. The van der Waals surface area contributed by atoms with Gasteiger partial charge in [0.1, 0.15) is 6.04 Å². The zero-order chi connectivity index (χ0) is 19.3. The molecule has 1 unspecified atom stereocenters. The Morgan fingerprint density at radius 1 is 1.04 bits per heavy atom. The zero-order valence-electron chi connectivity index (χ0n) is 14.7. The fourth-order valence-corrected chi connectivity index (χ4v) is 2.66. The molecule has 1 rings (SSSR count). The molecule has 25 heavy (non-hydrogen) atoms. The van der Waals surface area contributed by atoms with Gasteiger partial charge in [0.25, 0.3) is 0 Å². The van der Waals surface area contributed by atoms with Gasteiger partial charge in [-0.1, -0.05) is 56.6 Å². The molecule has 0 amide bonds. The number of hydrogen-bond acceptors (Lipinski definition) is 4. The van der Waals surface area contributed by atoms with E-state index in [9.17, 15) is 13.0 Å². The topological polar surface area (TPSA) is 66.4 Å². The zero-order valence-corrected chi connectivity index (χ0v) is 15.5. The summed E-state index contributed by atoms with van der Waals surface area (Å²) in [4.78, 5) is 0. The van der Waals surface area contributed by atoms with Gasteiger partial charge in [-0.15, -0.1) is 0 Å². The highest BCUT2D eigenvalue weighted by atomic mass is 32.3. The molecular weight excluding hydrogens is 338 g/mol. The normalized spacial score (nSPS) is 12.2. The van der Waals surface area contributed by atoms with Crippen LogP contribution in [0.15, 0.2) is 81.0 Å². The van der Waals surface area contributed by atoms with E-state index in [4.69, 9.17) is 0 Å². The van der Waals surface area contributed by atoms with Crippen LogP contribution in [0.25, 0.3) is 0 Å². The highest BCUT2D eigenvalue weighted by Gasteiger charge is 2.32. The first-order valence-electron chi connectivity index (χ1n) is 7.67. The fourth-order valence-electron chi connectivity index (χ4n) is 2.66. The van der Waals surface area contributed by atoms with E-state index in [0.29, 0.717) is 0 Å². The quantitative estimate of drug-likeness (QED) is 0.276. The van der Waals surface area contributed by atoms with Gasteiger partial charge in [-0.25, -0.2) is 8.42 Å². The summed E-state index contributed by atoms with van der Waals surface area (Å²) in [7, 11) is -3.60. The van der Waals surface area contributed by atoms with E-state index >= 15 is 0 Å². The lowest BCUT2D eigenvalue weighted by molar-refractivity contribution is -0.935. The smallest absolute Gasteiger partial charge is 0.217 e. The van der Waals surface area contributed by atoms with Crippen molar-refractivity contribution < 1.29 is 21.6 Å². The van der Waals surface area contributed by atoms with Crippen LogP contribution in [-0.4, -0.2) is 44.2 Å². The van der Waals surface area contributed by atoms with E-state index < -0.39 is 10.4 Å². The standard InChI is InChI=1S/C18H24N.CH4O4S/c1-5-14-19(15-6-2,16-7-3)18(8-4)17-12-10-9-11-13-17;1-5-6(2,3)4/h5-13,18H,1-4,14-16H2;1H3,(H,2,3,4)/q+1;/p-1. The predicted octanol–water partition coefficient (Wildman–Crippen LogP) is 3.38. The minimum absolute atomic E-state index is 0.218. The van der Waals surface area contributed by atoms with Gasteiger partial charge in [-0.2, -0.15) is 0 Å². The maximum absolute atomic E-state index is 9.22. The Balaban J connectivity index is 0.000000823. The molecule has 0 saturated carbocycles. The second kappa shape index (κ2) is 11.5. The summed E-state index contributed by atoms with van der Waals surface area (Å²) < 4.78 is 31.8. The van der Waals surface area contributed by atoms with Crippen molar-refractivity contribution >= 4 is 10.4 Å².